The highest BCUT2D eigenvalue weighted by Crippen LogP contribution is 2.45. The molecule has 1 saturated carbocycles. The molecule has 2 aromatic heterocycles. The van der Waals surface area contributed by atoms with Crippen LogP contribution in [0.1, 0.15) is 118 Å². The van der Waals surface area contributed by atoms with Gasteiger partial charge in [0.1, 0.15) is 24.2 Å². The molecule has 0 unspecified atom stereocenters. The summed E-state index contributed by atoms with van der Waals surface area (Å²) in [5.41, 5.74) is 5.69. The maximum absolute atomic E-state index is 15.2. The number of cyclic esters (lactones) is 1. The lowest BCUT2D eigenvalue weighted by Crippen LogP contribution is -2.62. The van der Waals surface area contributed by atoms with E-state index in [1.54, 1.807) is 18.1 Å². The monoisotopic (exact) mass is 1120 g/mol. The fourth-order valence-corrected chi connectivity index (χ4v) is 13.4. The Morgan fingerprint density at radius 2 is 1.68 bits per heavy atom. The number of nitrogens with zero attached hydrogens (tertiary/aromatic N) is 8. The highest BCUT2D eigenvalue weighted by Gasteiger charge is 2.49. The minimum absolute atomic E-state index is 0.0643. The number of anilines is 2. The number of carbonyl (C=O) groups is 4. The van der Waals surface area contributed by atoms with Crippen LogP contribution in [-0.4, -0.2) is 188 Å². The first-order valence-corrected chi connectivity index (χ1v) is 29.2. The van der Waals surface area contributed by atoms with E-state index in [-0.39, 0.29) is 42.8 Å². The van der Waals surface area contributed by atoms with Gasteiger partial charge < -0.3 is 43.5 Å². The molecule has 1 spiro atoms. The number of rotatable bonds is 10. The molecule has 1 aromatic carbocycles. The number of methoxy groups -OCH3 is 1. The normalized spacial score (nSPS) is 26.5. The zero-order valence-corrected chi connectivity index (χ0v) is 48.5. The summed E-state index contributed by atoms with van der Waals surface area (Å²) >= 11 is 0. The number of benzene rings is 1. The van der Waals surface area contributed by atoms with Crippen molar-refractivity contribution in [3.05, 3.63) is 41.7 Å². The number of amides is 3. The minimum Gasteiger partial charge on any atom is -0.464 e. The number of hydrogen-bond donors (Lipinski definition) is 2. The van der Waals surface area contributed by atoms with Crippen molar-refractivity contribution in [1.82, 2.24) is 40.0 Å². The molecule has 18 nitrogen and oxygen atoms in total. The number of esters is 1. The summed E-state index contributed by atoms with van der Waals surface area (Å²) in [4.78, 5) is 73.1. The molecule has 7 aliphatic rings. The lowest BCUT2D eigenvalue weighted by Gasteiger charge is -2.39. The molecule has 0 radical (unpaired) electrons. The SMILES string of the molecule is CO[C@@H](C)c1ncc(N2CCN(C3CC3)CC2)cc1-c1c2c3cc(ccc3n1CC(F)(F)F)N1CCO[C@@H](C[C@H](NC(=O)[C@H](C(C)C)N3CC[C@]4(CCN(C(=O)OC(C)(C)C)C4)C3)C(=O)N3CCC[C@H](N3)C(=O)OCC(C)(C)C2)C1. The molecule has 440 valence electrons. The van der Waals surface area contributed by atoms with E-state index in [1.807, 2.05) is 79.8 Å². The lowest BCUT2D eigenvalue weighted by molar-refractivity contribution is -0.156. The maximum Gasteiger partial charge on any atom is 0.410 e. The quantitative estimate of drug-likeness (QED) is 0.194. The van der Waals surface area contributed by atoms with E-state index in [0.717, 1.165) is 50.4 Å². The summed E-state index contributed by atoms with van der Waals surface area (Å²) in [5, 5.41) is 5.27. The number of hydrazine groups is 1. The summed E-state index contributed by atoms with van der Waals surface area (Å²) in [5.74, 6) is -1.37. The van der Waals surface area contributed by atoms with Crippen LogP contribution in [0.2, 0.25) is 0 Å². The Balaban J connectivity index is 0.994. The Bertz CT molecular complexity index is 2770. The molecule has 1 aliphatic carbocycles. The second-order valence-corrected chi connectivity index (χ2v) is 26.0. The van der Waals surface area contributed by atoms with E-state index < -0.39 is 65.9 Å². The molecule has 6 atom stereocenters. The van der Waals surface area contributed by atoms with Gasteiger partial charge in [-0.05, 0) is 115 Å². The van der Waals surface area contributed by atoms with Gasteiger partial charge in [0.05, 0.1) is 54.7 Å². The average Bonchev–Trinajstić information content (AvgIpc) is 3.97. The molecule has 8 heterocycles. The van der Waals surface area contributed by atoms with Gasteiger partial charge in [0.25, 0.3) is 5.91 Å². The van der Waals surface area contributed by atoms with Gasteiger partial charge in [-0.25, -0.2) is 10.2 Å². The van der Waals surface area contributed by atoms with Crippen molar-refractivity contribution in [2.24, 2.45) is 16.7 Å². The zero-order valence-electron chi connectivity index (χ0n) is 48.5. The summed E-state index contributed by atoms with van der Waals surface area (Å²) < 4.78 is 71.2. The van der Waals surface area contributed by atoms with Gasteiger partial charge in [0.2, 0.25) is 5.91 Å². The third-order valence-electron chi connectivity index (χ3n) is 17.6. The van der Waals surface area contributed by atoms with E-state index in [9.17, 15) is 19.2 Å². The van der Waals surface area contributed by atoms with Gasteiger partial charge in [-0.15, -0.1) is 0 Å². The molecule has 6 bridgehead atoms. The number of hydrogen-bond acceptors (Lipinski definition) is 14. The van der Waals surface area contributed by atoms with Crippen molar-refractivity contribution >= 4 is 46.2 Å². The van der Waals surface area contributed by atoms with Crippen LogP contribution in [0.25, 0.3) is 22.2 Å². The molecular weight excluding hydrogens is 1030 g/mol. The largest absolute Gasteiger partial charge is 0.464 e. The number of likely N-dealkylation sites (tertiary alicyclic amines) is 2. The molecule has 6 fully saturated rings. The van der Waals surface area contributed by atoms with Gasteiger partial charge in [0, 0.05) is 118 Å². The molecular formula is C59H85F3N10O8. The number of fused-ring (bicyclic) bond motifs is 6. The average molecular weight is 1120 g/mol. The fourth-order valence-electron chi connectivity index (χ4n) is 13.4. The summed E-state index contributed by atoms with van der Waals surface area (Å²) in [6, 6.07) is 5.72. The van der Waals surface area contributed by atoms with E-state index in [4.69, 9.17) is 23.9 Å². The van der Waals surface area contributed by atoms with E-state index in [2.05, 4.69) is 30.3 Å². The molecule has 21 heteroatoms. The van der Waals surface area contributed by atoms with Crippen molar-refractivity contribution < 1.29 is 51.3 Å². The zero-order chi connectivity index (χ0) is 57.1. The molecule has 6 aliphatic heterocycles. The number of ether oxygens (including phenoxy) is 4. The van der Waals surface area contributed by atoms with Crippen molar-refractivity contribution in [2.45, 2.75) is 161 Å². The third-order valence-corrected chi connectivity index (χ3v) is 17.6. The van der Waals surface area contributed by atoms with Crippen LogP contribution in [0.15, 0.2) is 30.5 Å². The lowest BCUT2D eigenvalue weighted by atomic mass is 9.84. The van der Waals surface area contributed by atoms with Crippen LogP contribution in [0.5, 0.6) is 0 Å². The van der Waals surface area contributed by atoms with Gasteiger partial charge in [-0.1, -0.05) is 27.7 Å². The fraction of sp³-hybridized carbons (Fsp3) is 0.712. The van der Waals surface area contributed by atoms with Crippen molar-refractivity contribution in [1.29, 1.82) is 0 Å². The second kappa shape index (κ2) is 22.8. The third kappa shape index (κ3) is 12.9. The number of aromatic nitrogens is 2. The van der Waals surface area contributed by atoms with Crippen molar-refractivity contribution in [2.75, 3.05) is 102 Å². The van der Waals surface area contributed by atoms with Gasteiger partial charge >= 0.3 is 18.2 Å². The first-order chi connectivity index (χ1) is 37.9. The highest BCUT2D eigenvalue weighted by atomic mass is 19.4. The van der Waals surface area contributed by atoms with Gasteiger partial charge in [0.15, 0.2) is 0 Å². The van der Waals surface area contributed by atoms with E-state index >= 15 is 13.2 Å². The Kier molecular flexibility index (Phi) is 16.6. The highest BCUT2D eigenvalue weighted by molar-refractivity contribution is 5.95. The Hall–Kier alpha value is -5.22. The summed E-state index contributed by atoms with van der Waals surface area (Å²) in [7, 11) is 1.57. The van der Waals surface area contributed by atoms with Crippen LogP contribution in [-0.2, 0) is 46.3 Å². The smallest absolute Gasteiger partial charge is 0.410 e. The molecule has 3 amide bonds. The minimum atomic E-state index is -4.60. The number of nitrogens with one attached hydrogen (secondary N) is 2. The maximum atomic E-state index is 15.2. The van der Waals surface area contributed by atoms with Crippen LogP contribution in [0, 0.1) is 16.7 Å². The van der Waals surface area contributed by atoms with Crippen LogP contribution in [0.3, 0.4) is 0 Å². The Morgan fingerprint density at radius 1 is 0.925 bits per heavy atom. The van der Waals surface area contributed by atoms with Gasteiger partial charge in [-0.2, -0.15) is 13.2 Å². The molecule has 5 saturated heterocycles. The molecule has 80 heavy (non-hydrogen) atoms. The number of alkyl halides is 3. The standard InChI is InChI=1S/C59H85F3N10O8/c1-37(2)50(69-19-16-58(33-69)17-20-70(34-58)55(76)80-56(4,5)6)52(73)64-47-29-42-32-68(25-26-78-42)40-14-15-48-43(27-40)45(30-57(7,8)36-79-54(75)46-11-10-18-72(65-46)53(47)74)51(71(48)35-59(60,61)62)44-28-41(31-63-49(44)38(3)77-9)67-23-21-66(22-24-67)39-12-13-39/h14-15,27-28,31,37-39,42,46-47,50,65H,10-13,16-26,29-30,32-36H2,1-9H3,(H,64,73)/t38-,42-,46-,47-,50-,58-/m0/s1. The Labute approximate surface area is 469 Å². The van der Waals surface area contributed by atoms with Gasteiger partial charge in [-0.3, -0.25) is 34.2 Å². The number of pyridine rings is 1. The van der Waals surface area contributed by atoms with E-state index in [1.165, 1.54) is 22.4 Å². The predicted octanol–water partition coefficient (Wildman–Crippen LogP) is 7.32. The predicted molar refractivity (Wildman–Crippen MR) is 298 cm³/mol. The Morgan fingerprint density at radius 3 is 2.38 bits per heavy atom. The number of halogens is 3. The number of carbonyl (C=O) groups excluding carboxylic acids is 4. The summed E-state index contributed by atoms with van der Waals surface area (Å²) in [6.45, 7) is 21.1. The number of piperazine rings is 1. The second-order valence-electron chi connectivity index (χ2n) is 26.0. The molecule has 3 aromatic rings. The van der Waals surface area contributed by atoms with Crippen molar-refractivity contribution in [3.8, 4) is 11.3 Å². The van der Waals surface area contributed by atoms with Crippen molar-refractivity contribution in [3.63, 3.8) is 0 Å². The first kappa shape index (κ1) is 58.0. The first-order valence-electron chi connectivity index (χ1n) is 29.2. The number of morpholine rings is 1. The topological polar surface area (TPSA) is 167 Å². The summed E-state index contributed by atoms with van der Waals surface area (Å²) in [6.07, 6.45) is 1.04. The van der Waals surface area contributed by atoms with Crippen LogP contribution >= 0.6 is 0 Å². The van der Waals surface area contributed by atoms with Crippen LogP contribution in [0.4, 0.5) is 29.3 Å². The molecule has 2 N–H and O–H groups in total. The van der Waals surface area contributed by atoms with E-state index in [0.29, 0.717) is 105 Å². The van der Waals surface area contributed by atoms with Crippen LogP contribution < -0.4 is 20.5 Å². The molecule has 10 rings (SSSR count).